The molecule has 192 valence electrons. The van der Waals surface area contributed by atoms with Gasteiger partial charge in [0, 0.05) is 5.41 Å². The third-order valence-electron chi connectivity index (χ3n) is 5.38. The maximum Gasteiger partial charge on any atom is 0.379 e. The minimum Gasteiger partial charge on any atom is -0.442 e. The molecule has 0 unspecified atom stereocenters. The molecule has 0 atom stereocenters. The summed E-state index contributed by atoms with van der Waals surface area (Å²) in [5, 5.41) is 0. The highest BCUT2D eigenvalue weighted by Gasteiger charge is 2.29. The molecule has 0 saturated heterocycles. The normalized spacial score (nSPS) is 11.5. The number of hydrogen-bond donors (Lipinski definition) is 0. The quantitative estimate of drug-likeness (QED) is 0.142. The smallest absolute Gasteiger partial charge is 0.379 e. The van der Waals surface area contributed by atoms with E-state index in [9.17, 15) is 9.59 Å². The first kappa shape index (κ1) is 28.8. The molecule has 2 aromatic heterocycles. The molecule has 0 bridgehead atoms. The molecule has 0 aliphatic rings. The predicted molar refractivity (Wildman–Crippen MR) is 159 cm³/mol. The number of halogens is 6. The number of benzene rings is 2. The summed E-state index contributed by atoms with van der Waals surface area (Å²) >= 11 is 20.5. The maximum absolute atomic E-state index is 12.5. The highest BCUT2D eigenvalue weighted by molar-refractivity contribution is 9.11. The number of carbonyl (C=O) groups is 2. The lowest BCUT2D eigenvalue weighted by atomic mass is 9.78. The van der Waals surface area contributed by atoms with Crippen molar-refractivity contribution in [3.63, 3.8) is 0 Å². The Morgan fingerprint density at radius 2 is 0.946 bits per heavy atom. The fraction of sp³-hybridized carbons (Fsp3) is 0.120. The lowest BCUT2D eigenvalue weighted by Crippen LogP contribution is -2.20. The van der Waals surface area contributed by atoms with Gasteiger partial charge in [-0.1, -0.05) is 13.8 Å². The van der Waals surface area contributed by atoms with Crippen molar-refractivity contribution in [1.82, 2.24) is 0 Å². The van der Waals surface area contributed by atoms with Gasteiger partial charge in [0.1, 0.15) is 0 Å². The first-order valence-electron chi connectivity index (χ1n) is 10.3. The van der Waals surface area contributed by atoms with E-state index in [-0.39, 0.29) is 11.5 Å². The summed E-state index contributed by atoms with van der Waals surface area (Å²) in [4.78, 5) is 25.0. The number of ether oxygens (including phenoxy) is 2. The highest BCUT2D eigenvalue weighted by Crippen LogP contribution is 2.44. The van der Waals surface area contributed by atoms with Gasteiger partial charge >= 0.3 is 11.9 Å². The summed E-state index contributed by atoms with van der Waals surface area (Å²) in [6, 6.07) is 13.8. The van der Waals surface area contributed by atoms with Crippen molar-refractivity contribution >= 4 is 108 Å². The molecule has 4 aromatic rings. The van der Waals surface area contributed by atoms with E-state index in [1.807, 2.05) is 38.1 Å². The summed E-state index contributed by atoms with van der Waals surface area (Å²) in [5.41, 5.74) is 1.35. The van der Waals surface area contributed by atoms with Crippen LogP contribution in [0.15, 0.2) is 84.6 Å². The van der Waals surface area contributed by atoms with Gasteiger partial charge in [-0.2, -0.15) is 0 Å². The Morgan fingerprint density at radius 1 is 0.622 bits per heavy atom. The van der Waals surface area contributed by atoms with Crippen LogP contribution in [0.25, 0.3) is 0 Å². The Bertz CT molecular complexity index is 1360. The first-order chi connectivity index (χ1) is 17.4. The van der Waals surface area contributed by atoms with Gasteiger partial charge in [0.05, 0.1) is 17.9 Å². The SMILES string of the molecule is CC(C)(c1cc(Br)c(OC(=O)c2ccc(Br)o2)c(Br)c1)c1cc(Br)c(OC(=O)c2ccc(Br)o2)c(Br)c1. The van der Waals surface area contributed by atoms with Crippen LogP contribution in [-0.2, 0) is 5.41 Å². The molecule has 0 spiro atoms. The zero-order chi connectivity index (χ0) is 27.1. The van der Waals surface area contributed by atoms with E-state index in [1.165, 1.54) is 12.1 Å². The van der Waals surface area contributed by atoms with Crippen LogP contribution in [0.5, 0.6) is 11.5 Å². The van der Waals surface area contributed by atoms with Crippen LogP contribution in [0.3, 0.4) is 0 Å². The second kappa shape index (κ2) is 11.5. The van der Waals surface area contributed by atoms with Crippen LogP contribution in [0.4, 0.5) is 0 Å². The molecule has 6 nitrogen and oxygen atoms in total. The maximum atomic E-state index is 12.5. The van der Waals surface area contributed by atoms with Gasteiger partial charge in [-0.25, -0.2) is 9.59 Å². The molecule has 0 amide bonds. The van der Waals surface area contributed by atoms with Crippen LogP contribution in [0, 0.1) is 0 Å². The molecule has 2 heterocycles. The van der Waals surface area contributed by atoms with Gasteiger partial charge < -0.3 is 18.3 Å². The van der Waals surface area contributed by atoms with E-state index < -0.39 is 17.4 Å². The van der Waals surface area contributed by atoms with Crippen molar-refractivity contribution in [2.45, 2.75) is 19.3 Å². The van der Waals surface area contributed by atoms with Gasteiger partial charge in [0.15, 0.2) is 20.8 Å². The lowest BCUT2D eigenvalue weighted by Gasteiger charge is -2.28. The molecule has 4 rings (SSSR count). The fourth-order valence-electron chi connectivity index (χ4n) is 3.34. The zero-order valence-electron chi connectivity index (χ0n) is 18.8. The van der Waals surface area contributed by atoms with E-state index in [0.29, 0.717) is 38.7 Å². The molecule has 37 heavy (non-hydrogen) atoms. The van der Waals surface area contributed by atoms with Crippen LogP contribution >= 0.6 is 95.6 Å². The number of rotatable bonds is 6. The van der Waals surface area contributed by atoms with E-state index in [4.69, 9.17) is 18.3 Å². The molecular weight excluding hydrogens is 876 g/mol. The van der Waals surface area contributed by atoms with Crippen molar-refractivity contribution < 1.29 is 27.9 Å². The Kier molecular flexibility index (Phi) is 8.97. The Hall–Kier alpha value is -1.18. The Balaban J connectivity index is 1.61. The minimum atomic E-state index is -0.626. The molecular formula is C25H14Br6O6. The number of carbonyl (C=O) groups excluding carboxylic acids is 2. The van der Waals surface area contributed by atoms with Crippen molar-refractivity contribution in [1.29, 1.82) is 0 Å². The van der Waals surface area contributed by atoms with Gasteiger partial charge in [-0.3, -0.25) is 0 Å². The van der Waals surface area contributed by atoms with Gasteiger partial charge in [0.2, 0.25) is 11.5 Å². The summed E-state index contributed by atoms with van der Waals surface area (Å²) in [6.07, 6.45) is 0. The second-order valence-corrected chi connectivity index (χ2v) is 13.1. The highest BCUT2D eigenvalue weighted by atomic mass is 79.9. The van der Waals surface area contributed by atoms with E-state index in [1.54, 1.807) is 12.1 Å². The van der Waals surface area contributed by atoms with Gasteiger partial charge in [-0.15, -0.1) is 0 Å². The minimum absolute atomic E-state index is 0.0743. The Morgan fingerprint density at radius 3 is 1.22 bits per heavy atom. The first-order valence-corrected chi connectivity index (χ1v) is 15.1. The largest absolute Gasteiger partial charge is 0.442 e. The summed E-state index contributed by atoms with van der Waals surface area (Å²) < 4.78 is 24.9. The number of furan rings is 2. The molecule has 12 heteroatoms. The lowest BCUT2D eigenvalue weighted by molar-refractivity contribution is 0.0689. The van der Waals surface area contributed by atoms with Gasteiger partial charge in [0.25, 0.3) is 0 Å². The van der Waals surface area contributed by atoms with Crippen molar-refractivity contribution in [2.75, 3.05) is 0 Å². The number of esters is 2. The number of hydrogen-bond acceptors (Lipinski definition) is 6. The topological polar surface area (TPSA) is 78.9 Å². The third-order valence-corrected chi connectivity index (χ3v) is 8.59. The van der Waals surface area contributed by atoms with Gasteiger partial charge in [-0.05, 0) is 155 Å². The summed E-state index contributed by atoms with van der Waals surface area (Å²) in [5.74, 6) is -0.453. The molecule has 0 N–H and O–H groups in total. The van der Waals surface area contributed by atoms with Crippen LogP contribution in [0.2, 0.25) is 0 Å². The molecule has 0 aliphatic carbocycles. The molecule has 0 saturated carbocycles. The monoisotopic (exact) mass is 884 g/mol. The summed E-state index contributed by atoms with van der Waals surface area (Å²) in [7, 11) is 0. The van der Waals surface area contributed by atoms with E-state index in [0.717, 1.165) is 11.1 Å². The molecule has 0 aliphatic heterocycles. The van der Waals surface area contributed by atoms with Crippen LogP contribution < -0.4 is 9.47 Å². The van der Waals surface area contributed by atoms with Crippen molar-refractivity contribution in [2.24, 2.45) is 0 Å². The standard InChI is InChI=1S/C25H14Br6O6/c1-25(2,11-7-13(26)21(14(27)8-11)36-23(32)17-3-5-19(30)34-17)12-9-15(28)22(16(29)10-12)37-24(33)18-4-6-20(31)35-18/h3-10H,1-2H3. The predicted octanol–water partition coefficient (Wildman–Crippen LogP) is 10.2. The molecule has 0 radical (unpaired) electrons. The average Bonchev–Trinajstić information content (AvgIpc) is 3.46. The third kappa shape index (κ3) is 6.36. The second-order valence-electron chi connectivity index (χ2n) is 8.15. The fourth-order valence-corrected chi connectivity index (χ4v) is 6.65. The van der Waals surface area contributed by atoms with E-state index in [2.05, 4.69) is 95.6 Å². The van der Waals surface area contributed by atoms with Crippen molar-refractivity contribution in [3.05, 3.63) is 98.4 Å². The molecule has 0 fully saturated rings. The molecule has 2 aromatic carbocycles. The Labute approximate surface area is 262 Å². The summed E-state index contributed by atoms with van der Waals surface area (Å²) in [6.45, 7) is 4.10. The zero-order valence-corrected chi connectivity index (χ0v) is 28.4. The van der Waals surface area contributed by atoms with Crippen LogP contribution in [-0.4, -0.2) is 11.9 Å². The van der Waals surface area contributed by atoms with Crippen molar-refractivity contribution in [3.8, 4) is 11.5 Å². The van der Waals surface area contributed by atoms with Crippen LogP contribution in [0.1, 0.15) is 46.1 Å². The van der Waals surface area contributed by atoms with E-state index >= 15 is 0 Å². The average molecular weight is 890 g/mol.